The van der Waals surface area contributed by atoms with E-state index in [0.29, 0.717) is 0 Å². The van der Waals surface area contributed by atoms with Crippen LogP contribution >= 0.6 is 0 Å². The van der Waals surface area contributed by atoms with E-state index in [4.69, 9.17) is 0 Å². The first-order valence-corrected chi connectivity index (χ1v) is 6.08. The van der Waals surface area contributed by atoms with Crippen LogP contribution in [-0.4, -0.2) is 13.1 Å². The number of nitrogens with one attached hydrogen (secondary N) is 1. The summed E-state index contributed by atoms with van der Waals surface area (Å²) < 4.78 is 0. The second-order valence-electron chi connectivity index (χ2n) is 5.04. The Labute approximate surface area is 89.0 Å². The number of rotatable bonds is 3. The van der Waals surface area contributed by atoms with E-state index in [2.05, 4.69) is 32.2 Å². The molecule has 0 aromatic heterocycles. The molecule has 0 saturated carbocycles. The second-order valence-corrected chi connectivity index (χ2v) is 5.04. The molecule has 1 heteroatoms. The summed E-state index contributed by atoms with van der Waals surface area (Å²) in [7, 11) is 0. The van der Waals surface area contributed by atoms with Crippen molar-refractivity contribution < 1.29 is 0 Å². The van der Waals surface area contributed by atoms with Crippen LogP contribution in [0.15, 0.2) is 11.6 Å². The lowest BCUT2D eigenvalue weighted by molar-refractivity contribution is 0.499. The predicted molar refractivity (Wildman–Crippen MR) is 63.4 cm³/mol. The fourth-order valence-corrected chi connectivity index (χ4v) is 2.32. The first kappa shape index (κ1) is 11.8. The largest absolute Gasteiger partial charge is 0.316 e. The van der Waals surface area contributed by atoms with Crippen LogP contribution in [-0.2, 0) is 0 Å². The maximum Gasteiger partial charge on any atom is -0.00116 e. The summed E-state index contributed by atoms with van der Waals surface area (Å²) in [6, 6.07) is 0. The third-order valence-electron chi connectivity index (χ3n) is 2.84. The smallest absolute Gasteiger partial charge is 0.00116 e. The third-order valence-corrected chi connectivity index (χ3v) is 2.84. The Bertz CT molecular complexity index is 172. The van der Waals surface area contributed by atoms with Crippen LogP contribution in [0.4, 0.5) is 0 Å². The van der Waals surface area contributed by atoms with Gasteiger partial charge < -0.3 is 5.32 Å². The molecule has 1 nitrogen and oxygen atoms in total. The van der Waals surface area contributed by atoms with Crippen molar-refractivity contribution in [1.29, 1.82) is 0 Å². The molecule has 1 fully saturated rings. The average Bonchev–Trinajstić information content (AvgIpc) is 2.31. The highest BCUT2D eigenvalue weighted by molar-refractivity contribution is 5.05. The second kappa shape index (κ2) is 6.23. The summed E-state index contributed by atoms with van der Waals surface area (Å²) >= 11 is 0. The van der Waals surface area contributed by atoms with Crippen LogP contribution in [0.2, 0.25) is 0 Å². The molecule has 0 aliphatic carbocycles. The highest BCUT2D eigenvalue weighted by atomic mass is 14.8. The van der Waals surface area contributed by atoms with E-state index >= 15 is 0 Å². The van der Waals surface area contributed by atoms with Gasteiger partial charge in [-0.3, -0.25) is 0 Å². The molecule has 14 heavy (non-hydrogen) atoms. The molecule has 0 bridgehead atoms. The predicted octanol–water partition coefficient (Wildman–Crippen LogP) is 3.37. The monoisotopic (exact) mass is 195 g/mol. The Hall–Kier alpha value is -0.300. The first-order chi connectivity index (χ1) is 6.68. The molecular weight excluding hydrogens is 170 g/mol. The Kier molecular flexibility index (Phi) is 5.24. The molecule has 1 aliphatic heterocycles. The standard InChI is InChI=1S/C13H25N/c1-11(2)9-12(3)10-13-5-4-7-14-8-6-13/h10-12,14H,4-9H2,1-3H3/b13-10-. The van der Waals surface area contributed by atoms with Crippen molar-refractivity contribution in [2.75, 3.05) is 13.1 Å². The van der Waals surface area contributed by atoms with Crippen LogP contribution in [0, 0.1) is 11.8 Å². The van der Waals surface area contributed by atoms with Crippen molar-refractivity contribution in [3.63, 3.8) is 0 Å². The molecule has 0 radical (unpaired) electrons. The third kappa shape index (κ3) is 4.80. The minimum Gasteiger partial charge on any atom is -0.316 e. The topological polar surface area (TPSA) is 12.0 Å². The first-order valence-electron chi connectivity index (χ1n) is 6.08. The zero-order valence-corrected chi connectivity index (χ0v) is 9.97. The van der Waals surface area contributed by atoms with Crippen molar-refractivity contribution in [3.05, 3.63) is 11.6 Å². The SMILES string of the molecule is CC(C)CC(C)/C=C1/CCCNCC1. The Balaban J connectivity index is 2.39. The lowest BCUT2D eigenvalue weighted by Crippen LogP contribution is -2.13. The van der Waals surface area contributed by atoms with E-state index in [1.165, 1.54) is 38.8 Å². The summed E-state index contributed by atoms with van der Waals surface area (Å²) in [6.45, 7) is 9.36. The summed E-state index contributed by atoms with van der Waals surface area (Å²) in [5, 5.41) is 3.45. The molecule has 82 valence electrons. The van der Waals surface area contributed by atoms with Crippen molar-refractivity contribution in [2.45, 2.75) is 46.5 Å². The van der Waals surface area contributed by atoms with Crippen molar-refractivity contribution in [3.8, 4) is 0 Å². The lowest BCUT2D eigenvalue weighted by Gasteiger charge is -2.12. The van der Waals surface area contributed by atoms with Crippen LogP contribution in [0.5, 0.6) is 0 Å². The Morgan fingerprint density at radius 3 is 2.71 bits per heavy atom. The molecule has 0 aromatic carbocycles. The van der Waals surface area contributed by atoms with Gasteiger partial charge in [0.05, 0.1) is 0 Å². The summed E-state index contributed by atoms with van der Waals surface area (Å²) in [5.41, 5.74) is 1.68. The van der Waals surface area contributed by atoms with Gasteiger partial charge in [-0.1, -0.05) is 32.4 Å². The van der Waals surface area contributed by atoms with E-state index in [0.717, 1.165) is 11.8 Å². The highest BCUT2D eigenvalue weighted by Crippen LogP contribution is 2.19. The van der Waals surface area contributed by atoms with Gasteiger partial charge >= 0.3 is 0 Å². The highest BCUT2D eigenvalue weighted by Gasteiger charge is 2.07. The molecule has 1 unspecified atom stereocenters. The van der Waals surface area contributed by atoms with Gasteiger partial charge in [-0.05, 0) is 50.6 Å². The quantitative estimate of drug-likeness (QED) is 0.681. The lowest BCUT2D eigenvalue weighted by atomic mass is 9.94. The van der Waals surface area contributed by atoms with Crippen LogP contribution < -0.4 is 5.32 Å². The van der Waals surface area contributed by atoms with Crippen molar-refractivity contribution in [1.82, 2.24) is 5.32 Å². The van der Waals surface area contributed by atoms with E-state index < -0.39 is 0 Å². The summed E-state index contributed by atoms with van der Waals surface area (Å²) in [5.74, 6) is 1.59. The normalized spacial score (nSPS) is 23.9. The van der Waals surface area contributed by atoms with Gasteiger partial charge in [0.2, 0.25) is 0 Å². The molecule has 0 amide bonds. The van der Waals surface area contributed by atoms with E-state index in [1.54, 1.807) is 5.57 Å². The number of hydrogen-bond acceptors (Lipinski definition) is 1. The maximum atomic E-state index is 3.45. The molecular formula is C13H25N. The van der Waals surface area contributed by atoms with Crippen LogP contribution in [0.25, 0.3) is 0 Å². The van der Waals surface area contributed by atoms with E-state index in [-0.39, 0.29) is 0 Å². The van der Waals surface area contributed by atoms with Crippen molar-refractivity contribution in [2.24, 2.45) is 11.8 Å². The van der Waals surface area contributed by atoms with Gasteiger partial charge in [-0.15, -0.1) is 0 Å². The van der Waals surface area contributed by atoms with Gasteiger partial charge in [-0.2, -0.15) is 0 Å². The summed E-state index contributed by atoms with van der Waals surface area (Å²) in [4.78, 5) is 0. The number of hydrogen-bond donors (Lipinski definition) is 1. The minimum absolute atomic E-state index is 0.767. The van der Waals surface area contributed by atoms with Crippen LogP contribution in [0.1, 0.15) is 46.5 Å². The van der Waals surface area contributed by atoms with E-state index in [1.807, 2.05) is 0 Å². The molecule has 1 N–H and O–H groups in total. The molecule has 1 saturated heterocycles. The van der Waals surface area contributed by atoms with E-state index in [9.17, 15) is 0 Å². The Morgan fingerprint density at radius 1 is 1.21 bits per heavy atom. The van der Waals surface area contributed by atoms with Gasteiger partial charge in [0, 0.05) is 0 Å². The van der Waals surface area contributed by atoms with Gasteiger partial charge in [-0.25, -0.2) is 0 Å². The van der Waals surface area contributed by atoms with Crippen LogP contribution in [0.3, 0.4) is 0 Å². The molecule has 1 heterocycles. The van der Waals surface area contributed by atoms with Gasteiger partial charge in [0.15, 0.2) is 0 Å². The Morgan fingerprint density at radius 2 is 2.00 bits per heavy atom. The molecule has 0 spiro atoms. The molecule has 0 aromatic rings. The summed E-state index contributed by atoms with van der Waals surface area (Å²) in [6.07, 6.45) is 7.75. The van der Waals surface area contributed by atoms with Gasteiger partial charge in [0.25, 0.3) is 0 Å². The fraction of sp³-hybridized carbons (Fsp3) is 0.846. The maximum absolute atomic E-state index is 3.45. The van der Waals surface area contributed by atoms with Crippen molar-refractivity contribution >= 4 is 0 Å². The molecule has 1 rings (SSSR count). The van der Waals surface area contributed by atoms with Gasteiger partial charge in [0.1, 0.15) is 0 Å². The minimum atomic E-state index is 0.767. The fourth-order valence-electron chi connectivity index (χ4n) is 2.32. The zero-order chi connectivity index (χ0) is 10.4. The zero-order valence-electron chi connectivity index (χ0n) is 9.97. The number of allylic oxidation sites excluding steroid dienone is 1. The molecule has 1 atom stereocenters. The average molecular weight is 195 g/mol. The molecule has 1 aliphatic rings.